The zero-order valence-corrected chi connectivity index (χ0v) is 13.7. The number of benzene rings is 1. The molecule has 1 aliphatic rings. The molecule has 1 aliphatic heterocycles. The van der Waals surface area contributed by atoms with Crippen molar-refractivity contribution in [3.63, 3.8) is 0 Å². The van der Waals surface area contributed by atoms with E-state index in [0.717, 1.165) is 12.8 Å². The summed E-state index contributed by atoms with van der Waals surface area (Å²) < 4.78 is 8.08. The third kappa shape index (κ3) is 2.83. The summed E-state index contributed by atoms with van der Waals surface area (Å²) in [7, 11) is 2.08. The first-order valence-corrected chi connectivity index (χ1v) is 7.93. The van der Waals surface area contributed by atoms with Gasteiger partial charge in [-0.25, -0.2) is 0 Å². The highest BCUT2D eigenvalue weighted by Gasteiger charge is 2.39. The Labute approximate surface area is 132 Å². The number of aliphatic hydroxyl groups is 1. The van der Waals surface area contributed by atoms with Crippen molar-refractivity contribution in [2.45, 2.75) is 32.8 Å². The normalized spacial score (nSPS) is 24.8. The third-order valence-electron chi connectivity index (χ3n) is 4.64. The van der Waals surface area contributed by atoms with E-state index in [2.05, 4.69) is 62.0 Å². The number of para-hydroxylation sites is 1. The van der Waals surface area contributed by atoms with Gasteiger partial charge >= 0.3 is 0 Å². The first-order chi connectivity index (χ1) is 10.5. The lowest BCUT2D eigenvalue weighted by Gasteiger charge is -2.24. The van der Waals surface area contributed by atoms with Gasteiger partial charge in [-0.3, -0.25) is 0 Å². The van der Waals surface area contributed by atoms with Gasteiger partial charge < -0.3 is 14.4 Å². The van der Waals surface area contributed by atoms with E-state index in [9.17, 15) is 5.11 Å². The predicted molar refractivity (Wildman–Crippen MR) is 89.9 cm³/mol. The molecule has 3 heteroatoms. The number of allylic oxidation sites excluding steroid dienone is 1. The lowest BCUT2D eigenvalue weighted by atomic mass is 9.80. The number of aliphatic hydroxyl groups excluding tert-OH is 1. The molecule has 1 N–H and O–H groups in total. The number of aromatic nitrogens is 1. The highest BCUT2D eigenvalue weighted by Crippen LogP contribution is 2.38. The van der Waals surface area contributed by atoms with E-state index >= 15 is 0 Å². The maximum Gasteiger partial charge on any atom is 0.0765 e. The van der Waals surface area contributed by atoms with E-state index in [0.29, 0.717) is 6.61 Å². The molecule has 1 fully saturated rings. The Hall–Kier alpha value is -1.58. The molecule has 0 spiro atoms. The Bertz CT molecular complexity index is 697. The van der Waals surface area contributed by atoms with Crippen LogP contribution in [-0.2, 0) is 18.2 Å². The van der Waals surface area contributed by atoms with Crippen molar-refractivity contribution in [1.29, 1.82) is 0 Å². The van der Waals surface area contributed by atoms with Crippen LogP contribution in [0.5, 0.6) is 0 Å². The number of fused-ring (bicyclic) bond motifs is 1. The van der Waals surface area contributed by atoms with Crippen molar-refractivity contribution in [3.8, 4) is 0 Å². The summed E-state index contributed by atoms with van der Waals surface area (Å²) >= 11 is 0. The average Bonchev–Trinajstić information content (AvgIpc) is 3.02. The van der Waals surface area contributed by atoms with Crippen molar-refractivity contribution in [2.75, 3.05) is 13.2 Å². The molecule has 0 radical (unpaired) electrons. The summed E-state index contributed by atoms with van der Waals surface area (Å²) in [5, 5.41) is 11.3. The smallest absolute Gasteiger partial charge is 0.0765 e. The molecule has 3 nitrogen and oxygen atoms in total. The molecular weight excluding hydrogens is 274 g/mol. The van der Waals surface area contributed by atoms with Crippen molar-refractivity contribution in [1.82, 2.24) is 4.57 Å². The molecule has 2 atom stereocenters. The monoisotopic (exact) mass is 299 g/mol. The summed E-state index contributed by atoms with van der Waals surface area (Å²) in [6.07, 6.45) is 6.24. The molecule has 0 aliphatic carbocycles. The molecule has 0 unspecified atom stereocenters. The molecule has 0 amide bonds. The fraction of sp³-hybridized carbons (Fsp3) is 0.474. The summed E-state index contributed by atoms with van der Waals surface area (Å²) in [5.74, 6) is 0. The Kier molecular flexibility index (Phi) is 4.11. The van der Waals surface area contributed by atoms with Crippen molar-refractivity contribution >= 4 is 10.9 Å². The van der Waals surface area contributed by atoms with Gasteiger partial charge in [0.2, 0.25) is 0 Å². The molecule has 0 bridgehead atoms. The second-order valence-electron chi connectivity index (χ2n) is 6.91. The van der Waals surface area contributed by atoms with Crippen LogP contribution in [-0.4, -0.2) is 29.0 Å². The minimum Gasteiger partial charge on any atom is -0.396 e. The molecule has 22 heavy (non-hydrogen) atoms. The van der Waals surface area contributed by atoms with Crippen LogP contribution in [0.1, 0.15) is 25.8 Å². The second kappa shape index (κ2) is 5.90. The molecule has 1 aromatic carbocycles. The van der Waals surface area contributed by atoms with Crippen LogP contribution in [0.4, 0.5) is 0 Å². The van der Waals surface area contributed by atoms with Gasteiger partial charge in [-0.2, -0.15) is 0 Å². The first kappa shape index (κ1) is 15.3. The molecule has 0 saturated carbocycles. The van der Waals surface area contributed by atoms with E-state index in [1.54, 1.807) is 0 Å². The van der Waals surface area contributed by atoms with Crippen LogP contribution in [0.2, 0.25) is 0 Å². The van der Waals surface area contributed by atoms with Crippen molar-refractivity contribution in [2.24, 2.45) is 12.5 Å². The third-order valence-corrected chi connectivity index (χ3v) is 4.64. The van der Waals surface area contributed by atoms with E-state index in [4.69, 9.17) is 4.74 Å². The van der Waals surface area contributed by atoms with Gasteiger partial charge in [-0.1, -0.05) is 29.8 Å². The summed E-state index contributed by atoms with van der Waals surface area (Å²) in [5.41, 5.74) is 3.64. The van der Waals surface area contributed by atoms with Gasteiger partial charge in [-0.05, 0) is 38.3 Å². The summed E-state index contributed by atoms with van der Waals surface area (Å²) in [4.78, 5) is 0. The Balaban J connectivity index is 1.88. The Morgan fingerprint density at radius 1 is 1.41 bits per heavy atom. The molecule has 1 saturated heterocycles. The highest BCUT2D eigenvalue weighted by molar-refractivity contribution is 5.83. The first-order valence-electron chi connectivity index (χ1n) is 7.93. The molecule has 2 heterocycles. The molecule has 3 rings (SSSR count). The Morgan fingerprint density at radius 3 is 2.91 bits per heavy atom. The molecular formula is C19H25NO2. The maximum absolute atomic E-state index is 10.0. The number of aryl methyl sites for hydroxylation is 1. The van der Waals surface area contributed by atoms with Gasteiger partial charge in [0.05, 0.1) is 19.3 Å². The van der Waals surface area contributed by atoms with Crippen LogP contribution >= 0.6 is 0 Å². The lowest BCUT2D eigenvalue weighted by Crippen LogP contribution is -2.28. The summed E-state index contributed by atoms with van der Waals surface area (Å²) in [6, 6.07) is 8.45. The van der Waals surface area contributed by atoms with E-state index < -0.39 is 0 Å². The van der Waals surface area contributed by atoms with Gasteiger partial charge in [0.1, 0.15) is 0 Å². The van der Waals surface area contributed by atoms with Gasteiger partial charge in [0.15, 0.2) is 0 Å². The van der Waals surface area contributed by atoms with Crippen LogP contribution < -0.4 is 0 Å². The van der Waals surface area contributed by atoms with Crippen molar-refractivity contribution < 1.29 is 9.84 Å². The SMILES string of the molecule is CC(C)=C[C@@H]1C[C@](CO)(Cc2cn(C)c3ccccc23)CO1. The van der Waals surface area contributed by atoms with E-state index in [-0.39, 0.29) is 18.1 Å². The van der Waals surface area contributed by atoms with E-state index in [1.165, 1.54) is 22.0 Å². The number of rotatable bonds is 4. The molecule has 118 valence electrons. The van der Waals surface area contributed by atoms with Crippen molar-refractivity contribution in [3.05, 3.63) is 47.7 Å². The average molecular weight is 299 g/mol. The topological polar surface area (TPSA) is 34.4 Å². The van der Waals surface area contributed by atoms with Crippen LogP contribution in [0.15, 0.2) is 42.1 Å². The van der Waals surface area contributed by atoms with Gasteiger partial charge in [0.25, 0.3) is 0 Å². The van der Waals surface area contributed by atoms with Gasteiger partial charge in [-0.15, -0.1) is 0 Å². The zero-order chi connectivity index (χ0) is 15.7. The fourth-order valence-electron chi connectivity index (χ4n) is 3.57. The number of nitrogens with zero attached hydrogens (tertiary/aromatic N) is 1. The Morgan fingerprint density at radius 2 is 2.18 bits per heavy atom. The predicted octanol–water partition coefficient (Wildman–Crippen LogP) is 3.45. The van der Waals surface area contributed by atoms with Crippen LogP contribution in [0.25, 0.3) is 10.9 Å². The fourth-order valence-corrected chi connectivity index (χ4v) is 3.57. The summed E-state index contributed by atoms with van der Waals surface area (Å²) in [6.45, 7) is 4.98. The van der Waals surface area contributed by atoms with E-state index in [1.807, 2.05) is 0 Å². The largest absolute Gasteiger partial charge is 0.396 e. The van der Waals surface area contributed by atoms with Gasteiger partial charge in [0, 0.05) is 29.6 Å². The maximum atomic E-state index is 10.0. The number of ether oxygens (including phenoxy) is 1. The standard InChI is InChI=1S/C19H25NO2/c1-14(2)8-16-10-19(12-21,13-22-16)9-15-11-20(3)18-7-5-4-6-17(15)18/h4-8,11,16,21H,9-10,12-13H2,1-3H3/t16-,19+/m1/s1. The van der Waals surface area contributed by atoms with Crippen LogP contribution in [0.3, 0.4) is 0 Å². The highest BCUT2D eigenvalue weighted by atomic mass is 16.5. The minimum absolute atomic E-state index is 0.132. The molecule has 2 aromatic rings. The zero-order valence-electron chi connectivity index (χ0n) is 13.7. The molecule has 1 aromatic heterocycles. The minimum atomic E-state index is -0.166. The van der Waals surface area contributed by atoms with Crippen LogP contribution in [0, 0.1) is 5.41 Å². The quantitative estimate of drug-likeness (QED) is 0.877. The number of hydrogen-bond acceptors (Lipinski definition) is 2. The second-order valence-corrected chi connectivity index (χ2v) is 6.91. The lowest BCUT2D eigenvalue weighted by molar-refractivity contribution is 0.0835. The number of hydrogen-bond donors (Lipinski definition) is 1.